The van der Waals surface area contributed by atoms with Crippen LogP contribution in [0.4, 0.5) is 0 Å². The summed E-state index contributed by atoms with van der Waals surface area (Å²) in [6.45, 7) is 15.6. The van der Waals surface area contributed by atoms with Gasteiger partial charge in [-0.15, -0.1) is 0 Å². The molecule has 5 rings (SSSR count). The number of hydrogen-bond donors (Lipinski definition) is 0. The third kappa shape index (κ3) is 5.04. The lowest BCUT2D eigenvalue weighted by molar-refractivity contribution is -0.514. The van der Waals surface area contributed by atoms with E-state index >= 15 is 0 Å². The molecule has 3 aromatic carbocycles. The molecule has 0 bridgehead atoms. The molecule has 0 fully saturated rings. The maximum Gasteiger partial charge on any atom is 0.364 e. The van der Waals surface area contributed by atoms with Gasteiger partial charge in [-0.2, -0.15) is 0 Å². The Morgan fingerprint density at radius 3 is 1.55 bits per heavy atom. The maximum atomic E-state index is 12.9. The number of rotatable bonds is 2. The third-order valence-electron chi connectivity index (χ3n) is 9.02. The summed E-state index contributed by atoms with van der Waals surface area (Å²) in [7, 11) is 0. The summed E-state index contributed by atoms with van der Waals surface area (Å²) in [5, 5.41) is 13.9. The Hall–Kier alpha value is -4.52. The second-order valence-electron chi connectivity index (χ2n) is 12.9. The minimum absolute atomic E-state index is 0.456. The van der Waals surface area contributed by atoms with Gasteiger partial charge >= 0.3 is 5.84 Å². The number of hydrogen-bond acceptors (Lipinski definition) is 5. The summed E-state index contributed by atoms with van der Waals surface area (Å²) in [5.74, 6) is 13.7. The van der Waals surface area contributed by atoms with Gasteiger partial charge in [0.15, 0.2) is 11.1 Å². The van der Waals surface area contributed by atoms with Gasteiger partial charge in [-0.1, -0.05) is 51.8 Å². The van der Waals surface area contributed by atoms with Crippen LogP contribution in [0.1, 0.15) is 88.8 Å². The van der Waals surface area contributed by atoms with Crippen LogP contribution in [0, 0.1) is 33.8 Å². The normalized spacial score (nSPS) is 19.3. The molecule has 2 heterocycles. The molecular formula is C36H36N4O2. The van der Waals surface area contributed by atoms with Gasteiger partial charge in [0.25, 0.3) is 0 Å². The summed E-state index contributed by atoms with van der Waals surface area (Å²) in [6.07, 6.45) is 0. The lowest BCUT2D eigenvalue weighted by Crippen LogP contribution is -2.50. The first-order valence-electron chi connectivity index (χ1n) is 14.1. The van der Waals surface area contributed by atoms with E-state index in [0.29, 0.717) is 11.7 Å². The van der Waals surface area contributed by atoms with Gasteiger partial charge in [0, 0.05) is 33.4 Å². The van der Waals surface area contributed by atoms with Gasteiger partial charge in [-0.25, -0.2) is 0 Å². The lowest BCUT2D eigenvalue weighted by atomic mass is 9.84. The highest BCUT2D eigenvalue weighted by molar-refractivity contribution is 6.01. The SMILES string of the molecule is CC1(C)N=C(c2ccc(C#Cc3cccc(C#Cc4ccc(C5=NC(C)(C)C(C)(C)[N+]5=O)cc4)c3)cc2)N([O-])C1(C)C. The fourth-order valence-electron chi connectivity index (χ4n) is 4.65. The maximum absolute atomic E-state index is 12.9. The van der Waals surface area contributed by atoms with Crippen molar-refractivity contribution in [2.45, 2.75) is 77.5 Å². The van der Waals surface area contributed by atoms with Crippen LogP contribution < -0.4 is 0 Å². The third-order valence-corrected chi connectivity index (χ3v) is 9.02. The minimum atomic E-state index is -0.614. The van der Waals surface area contributed by atoms with Crippen molar-refractivity contribution in [3.8, 4) is 23.7 Å². The molecule has 0 aliphatic carbocycles. The molecular weight excluding hydrogens is 520 g/mol. The molecule has 42 heavy (non-hydrogen) atoms. The number of nitroso groups, excluding NO2 is 1. The Labute approximate surface area is 248 Å². The van der Waals surface area contributed by atoms with Crippen molar-refractivity contribution in [1.82, 2.24) is 5.06 Å². The second-order valence-corrected chi connectivity index (χ2v) is 12.9. The Bertz CT molecular complexity index is 1750. The van der Waals surface area contributed by atoms with Crippen LogP contribution in [0.25, 0.3) is 0 Å². The van der Waals surface area contributed by atoms with E-state index in [-0.39, 0.29) is 0 Å². The topological polar surface area (TPSA) is 71.1 Å². The summed E-state index contributed by atoms with van der Waals surface area (Å²) in [4.78, 5) is 22.3. The van der Waals surface area contributed by atoms with Gasteiger partial charge in [0.05, 0.1) is 11.1 Å². The molecule has 0 amide bonds. The summed E-state index contributed by atoms with van der Waals surface area (Å²) in [5.41, 5.74) is 2.81. The van der Waals surface area contributed by atoms with Crippen molar-refractivity contribution in [3.63, 3.8) is 0 Å². The van der Waals surface area contributed by atoms with Crippen LogP contribution in [0.5, 0.6) is 0 Å². The molecule has 0 radical (unpaired) electrons. The average molecular weight is 557 g/mol. The molecule has 2 aliphatic heterocycles. The molecule has 6 nitrogen and oxygen atoms in total. The largest absolute Gasteiger partial charge is 0.757 e. The second kappa shape index (κ2) is 10.1. The number of hydroxylamine groups is 2. The van der Waals surface area contributed by atoms with Crippen LogP contribution in [-0.4, -0.2) is 43.7 Å². The number of amidine groups is 2. The summed E-state index contributed by atoms with van der Waals surface area (Å²) >= 11 is 0. The zero-order chi connectivity index (χ0) is 30.5. The van der Waals surface area contributed by atoms with Crippen LogP contribution in [0.3, 0.4) is 0 Å². The Morgan fingerprint density at radius 2 is 1.12 bits per heavy atom. The van der Waals surface area contributed by atoms with E-state index in [1.54, 1.807) is 0 Å². The average Bonchev–Trinajstić information content (AvgIpc) is 3.23. The predicted molar refractivity (Wildman–Crippen MR) is 170 cm³/mol. The molecule has 0 spiro atoms. The molecule has 212 valence electrons. The first-order valence-corrected chi connectivity index (χ1v) is 14.1. The van der Waals surface area contributed by atoms with Crippen molar-refractivity contribution in [2.24, 2.45) is 9.98 Å². The van der Waals surface area contributed by atoms with E-state index < -0.39 is 22.2 Å². The van der Waals surface area contributed by atoms with Crippen LogP contribution in [0.2, 0.25) is 0 Å². The van der Waals surface area contributed by atoms with Crippen molar-refractivity contribution in [2.75, 3.05) is 0 Å². The Morgan fingerprint density at radius 1 is 0.643 bits per heavy atom. The summed E-state index contributed by atoms with van der Waals surface area (Å²) < 4.78 is 1.01. The quantitative estimate of drug-likeness (QED) is 0.261. The smallest absolute Gasteiger partial charge is 0.364 e. The van der Waals surface area contributed by atoms with Crippen LogP contribution in [0.15, 0.2) is 82.8 Å². The van der Waals surface area contributed by atoms with Crippen molar-refractivity contribution in [3.05, 3.63) is 116 Å². The molecule has 0 saturated heterocycles. The Balaban J connectivity index is 1.28. The number of nitrogens with zero attached hydrogens (tertiary/aromatic N) is 4. The van der Waals surface area contributed by atoms with Gasteiger partial charge in [-0.3, -0.25) is 4.99 Å². The van der Waals surface area contributed by atoms with E-state index in [0.717, 1.165) is 43.2 Å². The first kappa shape index (κ1) is 29.0. The minimum Gasteiger partial charge on any atom is -0.757 e. The predicted octanol–water partition coefficient (Wildman–Crippen LogP) is 6.70. The van der Waals surface area contributed by atoms with E-state index in [9.17, 15) is 10.1 Å². The van der Waals surface area contributed by atoms with Crippen LogP contribution in [-0.2, 0) is 0 Å². The van der Waals surface area contributed by atoms with Gasteiger partial charge < -0.3 is 10.3 Å². The highest BCUT2D eigenvalue weighted by atomic mass is 16.5. The fourth-order valence-corrected chi connectivity index (χ4v) is 4.65. The molecule has 0 saturated carbocycles. The van der Waals surface area contributed by atoms with E-state index in [2.05, 4.69) is 23.7 Å². The van der Waals surface area contributed by atoms with Crippen molar-refractivity contribution >= 4 is 11.7 Å². The number of aliphatic imine (C=N–C) groups is 2. The van der Waals surface area contributed by atoms with E-state index in [4.69, 9.17) is 9.98 Å². The van der Waals surface area contributed by atoms with Gasteiger partial charge in [0.2, 0.25) is 0 Å². The monoisotopic (exact) mass is 556 g/mol. The number of benzene rings is 3. The zero-order valence-corrected chi connectivity index (χ0v) is 25.5. The zero-order valence-electron chi connectivity index (χ0n) is 25.5. The molecule has 0 N–H and O–H groups in total. The standard InChI is InChI=1S/C36H36N4O2/c1-33(2)35(5,6)39(41)31(37-33)29-20-16-25(17-21-29)12-14-27-10-9-11-28(24-27)15-13-26-18-22-30(23-19-26)32-38-34(3,4)36(7,8)40(32)42/h9-11,16-24H,1-8H3. The molecule has 0 atom stereocenters. The van der Waals surface area contributed by atoms with E-state index in [1.807, 2.05) is 128 Å². The fraction of sp³-hybridized carbons (Fsp3) is 0.333. The van der Waals surface area contributed by atoms with Crippen molar-refractivity contribution < 1.29 is 4.76 Å². The molecule has 3 aromatic rings. The molecule has 0 unspecified atom stereocenters. The van der Waals surface area contributed by atoms with E-state index in [1.165, 1.54) is 0 Å². The van der Waals surface area contributed by atoms with Gasteiger partial charge in [-0.05, 0) is 115 Å². The van der Waals surface area contributed by atoms with Gasteiger partial charge in [0.1, 0.15) is 5.84 Å². The molecule has 6 heteroatoms. The Kier molecular flexibility index (Phi) is 6.96. The lowest BCUT2D eigenvalue weighted by Gasteiger charge is -2.45. The van der Waals surface area contributed by atoms with Crippen LogP contribution >= 0.6 is 0 Å². The molecule has 0 aromatic heterocycles. The first-order chi connectivity index (χ1) is 19.6. The highest BCUT2D eigenvalue weighted by Gasteiger charge is 2.59. The summed E-state index contributed by atoms with van der Waals surface area (Å²) in [6, 6.07) is 23.0. The highest BCUT2D eigenvalue weighted by Crippen LogP contribution is 2.38. The van der Waals surface area contributed by atoms with Crippen molar-refractivity contribution in [1.29, 1.82) is 0 Å². The molecule has 2 aliphatic rings.